The highest BCUT2D eigenvalue weighted by Gasteiger charge is 2.25. The van der Waals surface area contributed by atoms with Gasteiger partial charge in [-0.15, -0.1) is 0 Å². The molecule has 1 N–H and O–H groups in total. The molecule has 1 saturated heterocycles. The van der Waals surface area contributed by atoms with Crippen LogP contribution in [0.25, 0.3) is 0 Å². The maximum Gasteiger partial charge on any atom is 0.418 e. The average Bonchev–Trinajstić information content (AvgIpc) is 2.38. The van der Waals surface area contributed by atoms with Gasteiger partial charge in [-0.25, -0.2) is 14.5 Å². The smallest absolute Gasteiger partial charge is 0.418 e. The Hall–Kier alpha value is -2.04. The molecule has 1 aliphatic rings. The topological polar surface area (TPSA) is 58.6 Å². The van der Waals surface area contributed by atoms with Crippen LogP contribution in [0.1, 0.15) is 12.0 Å². The summed E-state index contributed by atoms with van der Waals surface area (Å²) in [4.78, 5) is 24.1. The molecule has 0 bridgehead atoms. The summed E-state index contributed by atoms with van der Waals surface area (Å²) in [6.07, 6.45) is 0.165. The highest BCUT2D eigenvalue weighted by Crippen LogP contribution is 2.06. The molecule has 0 radical (unpaired) electrons. The minimum atomic E-state index is -0.592. The summed E-state index contributed by atoms with van der Waals surface area (Å²) in [6, 6.07) is 8.98. The molecule has 0 unspecified atom stereocenters. The number of rotatable bonds is 2. The van der Waals surface area contributed by atoms with Crippen molar-refractivity contribution < 1.29 is 14.3 Å². The standard InChI is InChI=1S/C12H14N2O3/c15-11-13-7-4-8-14(11)12(16)17-9-10-5-2-1-3-6-10/h1-3,5-6H,4,7-9H2,(H,13,15). The van der Waals surface area contributed by atoms with E-state index in [4.69, 9.17) is 4.74 Å². The van der Waals surface area contributed by atoms with Crippen LogP contribution in [0.4, 0.5) is 9.59 Å². The number of nitrogens with zero attached hydrogens (tertiary/aromatic N) is 1. The SMILES string of the molecule is O=C1NCCCN1C(=O)OCc1ccccc1. The van der Waals surface area contributed by atoms with E-state index in [1.165, 1.54) is 0 Å². The Morgan fingerprint density at radius 2 is 2.12 bits per heavy atom. The Labute approximate surface area is 99.4 Å². The van der Waals surface area contributed by atoms with Crippen LogP contribution >= 0.6 is 0 Å². The van der Waals surface area contributed by atoms with E-state index in [9.17, 15) is 9.59 Å². The van der Waals surface area contributed by atoms with Gasteiger partial charge in [0, 0.05) is 13.1 Å². The number of nitrogens with one attached hydrogen (secondary N) is 1. The predicted octanol–water partition coefficient (Wildman–Crippen LogP) is 1.74. The molecule has 5 heteroatoms. The maximum absolute atomic E-state index is 11.6. The van der Waals surface area contributed by atoms with Crippen molar-refractivity contribution in [2.45, 2.75) is 13.0 Å². The molecule has 0 spiro atoms. The van der Waals surface area contributed by atoms with Gasteiger partial charge in [-0.2, -0.15) is 0 Å². The Morgan fingerprint density at radius 1 is 1.35 bits per heavy atom. The maximum atomic E-state index is 11.6. The van der Waals surface area contributed by atoms with Crippen LogP contribution < -0.4 is 5.32 Å². The Kier molecular flexibility index (Phi) is 3.59. The molecule has 2 rings (SSSR count). The van der Waals surface area contributed by atoms with E-state index >= 15 is 0 Å². The molecule has 5 nitrogen and oxygen atoms in total. The fraction of sp³-hybridized carbons (Fsp3) is 0.333. The zero-order valence-electron chi connectivity index (χ0n) is 9.39. The molecule has 1 aromatic carbocycles. The second-order valence-electron chi connectivity index (χ2n) is 3.78. The highest BCUT2D eigenvalue weighted by molar-refractivity contribution is 5.91. The summed E-state index contributed by atoms with van der Waals surface area (Å²) >= 11 is 0. The number of urea groups is 1. The minimum Gasteiger partial charge on any atom is -0.444 e. The molecule has 90 valence electrons. The van der Waals surface area contributed by atoms with Crippen molar-refractivity contribution in [2.24, 2.45) is 0 Å². The van der Waals surface area contributed by atoms with Gasteiger partial charge in [-0.1, -0.05) is 30.3 Å². The van der Waals surface area contributed by atoms with Crippen molar-refractivity contribution in [3.05, 3.63) is 35.9 Å². The van der Waals surface area contributed by atoms with E-state index in [1.807, 2.05) is 30.3 Å². The summed E-state index contributed by atoms with van der Waals surface area (Å²) in [7, 11) is 0. The number of carbonyl (C=O) groups is 2. The fourth-order valence-electron chi connectivity index (χ4n) is 1.60. The molecule has 0 aromatic heterocycles. The second-order valence-corrected chi connectivity index (χ2v) is 3.78. The largest absolute Gasteiger partial charge is 0.444 e. The van der Waals surface area contributed by atoms with Crippen molar-refractivity contribution in [1.29, 1.82) is 0 Å². The monoisotopic (exact) mass is 234 g/mol. The van der Waals surface area contributed by atoms with Gasteiger partial charge >= 0.3 is 12.1 Å². The summed E-state index contributed by atoms with van der Waals surface area (Å²) in [5, 5.41) is 2.60. The van der Waals surface area contributed by atoms with Gasteiger partial charge in [-0.05, 0) is 12.0 Å². The van der Waals surface area contributed by atoms with Crippen LogP contribution in [0.15, 0.2) is 30.3 Å². The number of carbonyl (C=O) groups excluding carboxylic acids is 2. The number of hydrogen-bond donors (Lipinski definition) is 1. The molecular weight excluding hydrogens is 220 g/mol. The van der Waals surface area contributed by atoms with E-state index in [0.717, 1.165) is 16.9 Å². The van der Waals surface area contributed by atoms with E-state index in [2.05, 4.69) is 5.32 Å². The van der Waals surface area contributed by atoms with Gasteiger partial charge in [0.2, 0.25) is 0 Å². The van der Waals surface area contributed by atoms with Crippen molar-refractivity contribution in [2.75, 3.05) is 13.1 Å². The normalized spacial score (nSPS) is 15.3. The first-order chi connectivity index (χ1) is 8.27. The molecule has 0 aliphatic carbocycles. The zero-order valence-corrected chi connectivity index (χ0v) is 9.39. The van der Waals surface area contributed by atoms with Crippen LogP contribution in [-0.2, 0) is 11.3 Å². The lowest BCUT2D eigenvalue weighted by atomic mass is 10.2. The predicted molar refractivity (Wildman–Crippen MR) is 61.3 cm³/mol. The third kappa shape index (κ3) is 2.96. The summed E-state index contributed by atoms with van der Waals surface area (Å²) in [5.74, 6) is 0. The van der Waals surface area contributed by atoms with Crippen LogP contribution in [0.2, 0.25) is 0 Å². The van der Waals surface area contributed by atoms with Gasteiger partial charge in [0.25, 0.3) is 0 Å². The molecule has 1 heterocycles. The van der Waals surface area contributed by atoms with Crippen LogP contribution in [0.3, 0.4) is 0 Å². The first-order valence-electron chi connectivity index (χ1n) is 5.53. The van der Waals surface area contributed by atoms with Crippen molar-refractivity contribution >= 4 is 12.1 Å². The van der Waals surface area contributed by atoms with Crippen molar-refractivity contribution in [3.8, 4) is 0 Å². The highest BCUT2D eigenvalue weighted by atomic mass is 16.6. The third-order valence-corrected chi connectivity index (χ3v) is 2.51. The average molecular weight is 234 g/mol. The molecule has 3 amide bonds. The summed E-state index contributed by atoms with van der Waals surface area (Å²) in [5.41, 5.74) is 0.901. The fourth-order valence-corrected chi connectivity index (χ4v) is 1.60. The van der Waals surface area contributed by atoms with Crippen LogP contribution in [-0.4, -0.2) is 30.1 Å². The van der Waals surface area contributed by atoms with Crippen molar-refractivity contribution in [1.82, 2.24) is 10.2 Å². The molecule has 1 aromatic rings. The lowest BCUT2D eigenvalue weighted by Gasteiger charge is -2.24. The van der Waals surface area contributed by atoms with Gasteiger partial charge < -0.3 is 10.1 Å². The van der Waals surface area contributed by atoms with E-state index in [-0.39, 0.29) is 12.6 Å². The van der Waals surface area contributed by atoms with E-state index in [1.54, 1.807) is 0 Å². The Balaban J connectivity index is 1.87. The summed E-state index contributed by atoms with van der Waals surface area (Å²) in [6.45, 7) is 1.21. The zero-order chi connectivity index (χ0) is 12.1. The quantitative estimate of drug-likeness (QED) is 0.847. The number of hydrogen-bond acceptors (Lipinski definition) is 3. The first kappa shape index (κ1) is 11.4. The second kappa shape index (κ2) is 5.34. The molecule has 1 fully saturated rings. The third-order valence-electron chi connectivity index (χ3n) is 2.51. The molecular formula is C12H14N2O3. The number of ether oxygens (including phenoxy) is 1. The van der Waals surface area contributed by atoms with Crippen molar-refractivity contribution in [3.63, 3.8) is 0 Å². The molecule has 1 aliphatic heterocycles. The first-order valence-corrected chi connectivity index (χ1v) is 5.53. The van der Waals surface area contributed by atoms with E-state index in [0.29, 0.717) is 13.1 Å². The molecule has 0 atom stereocenters. The van der Waals surface area contributed by atoms with Gasteiger partial charge in [0.1, 0.15) is 6.61 Å². The van der Waals surface area contributed by atoms with Gasteiger partial charge in [0.15, 0.2) is 0 Å². The molecule has 0 saturated carbocycles. The van der Waals surface area contributed by atoms with Crippen LogP contribution in [0.5, 0.6) is 0 Å². The van der Waals surface area contributed by atoms with Gasteiger partial charge in [-0.3, -0.25) is 0 Å². The molecule has 17 heavy (non-hydrogen) atoms. The van der Waals surface area contributed by atoms with Crippen LogP contribution in [0, 0.1) is 0 Å². The summed E-state index contributed by atoms with van der Waals surface area (Å²) < 4.78 is 5.06. The number of imide groups is 1. The van der Waals surface area contributed by atoms with E-state index < -0.39 is 6.09 Å². The number of amides is 3. The minimum absolute atomic E-state index is 0.184. The lowest BCUT2D eigenvalue weighted by Crippen LogP contribution is -2.49. The Morgan fingerprint density at radius 3 is 2.82 bits per heavy atom. The number of benzene rings is 1. The Bertz CT molecular complexity index is 405. The lowest BCUT2D eigenvalue weighted by molar-refractivity contribution is 0.0998. The van der Waals surface area contributed by atoms with Gasteiger partial charge in [0.05, 0.1) is 0 Å².